The molecule has 0 unspecified atom stereocenters. The molecule has 2 rings (SSSR count). The van der Waals surface area contributed by atoms with Gasteiger partial charge in [-0.15, -0.1) is 0 Å². The van der Waals surface area contributed by atoms with Crippen LogP contribution < -0.4 is 10.1 Å². The van der Waals surface area contributed by atoms with E-state index in [-0.39, 0.29) is 6.10 Å². The molecule has 0 saturated heterocycles. The normalized spacial score (nSPS) is 10.7. The third kappa shape index (κ3) is 3.52. The lowest BCUT2D eigenvalue weighted by Gasteiger charge is -2.10. The molecule has 0 fully saturated rings. The second kappa shape index (κ2) is 5.58. The lowest BCUT2D eigenvalue weighted by molar-refractivity contribution is 0.242. The summed E-state index contributed by atoms with van der Waals surface area (Å²) in [6, 6.07) is 10.1. The Morgan fingerprint density at radius 3 is 2.50 bits per heavy atom. The number of ether oxygens (including phenoxy) is 1. The summed E-state index contributed by atoms with van der Waals surface area (Å²) in [5, 5.41) is 7.53. The minimum absolute atomic E-state index is 0.211. The highest BCUT2D eigenvalue weighted by Gasteiger charge is 1.99. The van der Waals surface area contributed by atoms with Crippen LogP contribution in [0.2, 0.25) is 0 Å². The Morgan fingerprint density at radius 1 is 1.22 bits per heavy atom. The minimum Gasteiger partial charge on any atom is -0.491 e. The zero-order valence-electron chi connectivity index (χ0n) is 11.1. The van der Waals surface area contributed by atoms with Crippen molar-refractivity contribution in [1.82, 2.24) is 9.78 Å². The van der Waals surface area contributed by atoms with Gasteiger partial charge in [-0.05, 0) is 31.5 Å². The van der Waals surface area contributed by atoms with Crippen LogP contribution in [0.5, 0.6) is 5.75 Å². The zero-order valence-corrected chi connectivity index (χ0v) is 11.1. The molecule has 0 saturated carbocycles. The SMILES string of the molecule is CC(C)Oc1ccc(CNc2ccn(C)n2)cc1. The van der Waals surface area contributed by atoms with Crippen molar-refractivity contribution in [2.45, 2.75) is 26.5 Å². The fourth-order valence-corrected chi connectivity index (χ4v) is 1.66. The van der Waals surface area contributed by atoms with Crippen LogP contribution in [0, 0.1) is 0 Å². The van der Waals surface area contributed by atoms with Crippen LogP contribution >= 0.6 is 0 Å². The molecule has 1 heterocycles. The van der Waals surface area contributed by atoms with Gasteiger partial charge in [-0.2, -0.15) is 5.10 Å². The third-order valence-electron chi connectivity index (χ3n) is 2.48. The molecule has 0 aliphatic heterocycles. The van der Waals surface area contributed by atoms with Gasteiger partial charge < -0.3 is 10.1 Å². The van der Waals surface area contributed by atoms with E-state index in [2.05, 4.69) is 22.5 Å². The monoisotopic (exact) mass is 245 g/mol. The van der Waals surface area contributed by atoms with Crippen LogP contribution in [-0.2, 0) is 13.6 Å². The lowest BCUT2D eigenvalue weighted by Crippen LogP contribution is -2.05. The van der Waals surface area contributed by atoms with E-state index in [4.69, 9.17) is 4.74 Å². The van der Waals surface area contributed by atoms with Crippen molar-refractivity contribution >= 4 is 5.82 Å². The summed E-state index contributed by atoms with van der Waals surface area (Å²) in [6.45, 7) is 4.81. The topological polar surface area (TPSA) is 39.1 Å². The molecule has 4 nitrogen and oxygen atoms in total. The maximum atomic E-state index is 5.60. The molecule has 0 spiro atoms. The van der Waals surface area contributed by atoms with E-state index >= 15 is 0 Å². The highest BCUT2D eigenvalue weighted by Crippen LogP contribution is 2.14. The van der Waals surface area contributed by atoms with Crippen molar-refractivity contribution < 1.29 is 4.74 Å². The van der Waals surface area contributed by atoms with Gasteiger partial charge in [-0.1, -0.05) is 12.1 Å². The number of nitrogens with zero attached hydrogens (tertiary/aromatic N) is 2. The number of hydrogen-bond donors (Lipinski definition) is 1. The fourth-order valence-electron chi connectivity index (χ4n) is 1.66. The first-order chi connectivity index (χ1) is 8.63. The molecule has 0 radical (unpaired) electrons. The molecule has 4 heteroatoms. The molecule has 1 aromatic carbocycles. The fraction of sp³-hybridized carbons (Fsp3) is 0.357. The molecule has 1 N–H and O–H groups in total. The first-order valence-electron chi connectivity index (χ1n) is 6.12. The second-order valence-corrected chi connectivity index (χ2v) is 4.54. The Bertz CT molecular complexity index is 488. The molecule has 0 bridgehead atoms. The predicted molar refractivity (Wildman–Crippen MR) is 72.7 cm³/mol. The van der Waals surface area contributed by atoms with Crippen molar-refractivity contribution in [3.8, 4) is 5.75 Å². The Balaban J connectivity index is 1.90. The number of aromatic nitrogens is 2. The Morgan fingerprint density at radius 2 is 1.94 bits per heavy atom. The van der Waals surface area contributed by atoms with E-state index in [0.29, 0.717) is 0 Å². The molecule has 0 aliphatic carbocycles. The van der Waals surface area contributed by atoms with E-state index in [1.54, 1.807) is 4.68 Å². The van der Waals surface area contributed by atoms with Crippen molar-refractivity contribution in [2.24, 2.45) is 7.05 Å². The summed E-state index contributed by atoms with van der Waals surface area (Å²) < 4.78 is 7.38. The van der Waals surface area contributed by atoms with Gasteiger partial charge in [0.1, 0.15) is 11.6 Å². The molecular formula is C14H19N3O. The zero-order chi connectivity index (χ0) is 13.0. The quantitative estimate of drug-likeness (QED) is 0.880. The number of aryl methyl sites for hydroxylation is 1. The molecule has 2 aromatic rings. The number of anilines is 1. The van der Waals surface area contributed by atoms with Crippen molar-refractivity contribution in [3.63, 3.8) is 0 Å². The van der Waals surface area contributed by atoms with Crippen LogP contribution in [0.3, 0.4) is 0 Å². The number of benzene rings is 1. The van der Waals surface area contributed by atoms with E-state index in [9.17, 15) is 0 Å². The molecular weight excluding hydrogens is 226 g/mol. The van der Waals surface area contributed by atoms with E-state index in [1.165, 1.54) is 5.56 Å². The van der Waals surface area contributed by atoms with Gasteiger partial charge in [0.2, 0.25) is 0 Å². The lowest BCUT2D eigenvalue weighted by atomic mass is 10.2. The smallest absolute Gasteiger partial charge is 0.148 e. The minimum atomic E-state index is 0.211. The third-order valence-corrected chi connectivity index (χ3v) is 2.48. The van der Waals surface area contributed by atoms with Crippen molar-refractivity contribution in [1.29, 1.82) is 0 Å². The molecule has 0 aliphatic rings. The van der Waals surface area contributed by atoms with Crippen LogP contribution in [0.15, 0.2) is 36.5 Å². The van der Waals surface area contributed by atoms with Gasteiger partial charge in [0, 0.05) is 25.9 Å². The summed E-state index contributed by atoms with van der Waals surface area (Å²) in [5.74, 6) is 1.80. The molecule has 96 valence electrons. The molecule has 0 amide bonds. The average molecular weight is 245 g/mol. The summed E-state index contributed by atoms with van der Waals surface area (Å²) in [6.07, 6.45) is 2.13. The largest absolute Gasteiger partial charge is 0.491 e. The molecule has 0 atom stereocenters. The second-order valence-electron chi connectivity index (χ2n) is 4.54. The Labute approximate surface area is 108 Å². The van der Waals surface area contributed by atoms with Crippen molar-refractivity contribution in [3.05, 3.63) is 42.1 Å². The summed E-state index contributed by atoms with van der Waals surface area (Å²) in [4.78, 5) is 0. The first kappa shape index (κ1) is 12.5. The highest BCUT2D eigenvalue weighted by atomic mass is 16.5. The maximum absolute atomic E-state index is 5.60. The molecule has 18 heavy (non-hydrogen) atoms. The van der Waals surface area contributed by atoms with E-state index in [1.807, 2.05) is 45.3 Å². The van der Waals surface area contributed by atoms with Gasteiger partial charge in [-0.25, -0.2) is 0 Å². The maximum Gasteiger partial charge on any atom is 0.148 e. The summed E-state index contributed by atoms with van der Waals surface area (Å²) in [5.41, 5.74) is 1.21. The number of rotatable bonds is 5. The Kier molecular flexibility index (Phi) is 3.87. The van der Waals surface area contributed by atoms with Crippen LogP contribution in [0.4, 0.5) is 5.82 Å². The highest BCUT2D eigenvalue weighted by molar-refractivity contribution is 5.35. The molecule has 1 aromatic heterocycles. The number of nitrogens with one attached hydrogen (secondary N) is 1. The van der Waals surface area contributed by atoms with Gasteiger partial charge in [-0.3, -0.25) is 4.68 Å². The van der Waals surface area contributed by atoms with Crippen molar-refractivity contribution in [2.75, 3.05) is 5.32 Å². The standard InChI is InChI=1S/C14H19N3O/c1-11(2)18-13-6-4-12(5-7-13)10-15-14-8-9-17(3)16-14/h4-9,11H,10H2,1-3H3,(H,15,16). The number of hydrogen-bond acceptors (Lipinski definition) is 3. The van der Waals surface area contributed by atoms with Gasteiger partial charge in [0.05, 0.1) is 6.10 Å². The van der Waals surface area contributed by atoms with Gasteiger partial charge in [0.15, 0.2) is 0 Å². The average Bonchev–Trinajstić information content (AvgIpc) is 2.74. The summed E-state index contributed by atoms with van der Waals surface area (Å²) >= 11 is 0. The Hall–Kier alpha value is -1.97. The van der Waals surface area contributed by atoms with Crippen LogP contribution in [-0.4, -0.2) is 15.9 Å². The predicted octanol–water partition coefficient (Wildman–Crippen LogP) is 2.82. The van der Waals surface area contributed by atoms with Gasteiger partial charge >= 0.3 is 0 Å². The van der Waals surface area contributed by atoms with Crippen LogP contribution in [0.25, 0.3) is 0 Å². The first-order valence-corrected chi connectivity index (χ1v) is 6.12. The van der Waals surface area contributed by atoms with E-state index in [0.717, 1.165) is 18.1 Å². The van der Waals surface area contributed by atoms with E-state index < -0.39 is 0 Å². The van der Waals surface area contributed by atoms with Crippen LogP contribution in [0.1, 0.15) is 19.4 Å². The van der Waals surface area contributed by atoms with Gasteiger partial charge in [0.25, 0.3) is 0 Å². The summed E-state index contributed by atoms with van der Waals surface area (Å²) in [7, 11) is 1.91.